The summed E-state index contributed by atoms with van der Waals surface area (Å²) < 4.78 is 5.51. The highest BCUT2D eigenvalue weighted by Crippen LogP contribution is 2.16. The summed E-state index contributed by atoms with van der Waals surface area (Å²) >= 11 is 1.86. The van der Waals surface area contributed by atoms with Crippen LogP contribution in [0.15, 0.2) is 4.99 Å². The van der Waals surface area contributed by atoms with E-state index in [9.17, 15) is 0 Å². The SMILES string of the molecule is CC1CC(NC2=NCCCS2)CCO1. The molecule has 2 aliphatic heterocycles. The van der Waals surface area contributed by atoms with Gasteiger partial charge in [0.25, 0.3) is 0 Å². The van der Waals surface area contributed by atoms with Gasteiger partial charge >= 0.3 is 0 Å². The molecule has 14 heavy (non-hydrogen) atoms. The summed E-state index contributed by atoms with van der Waals surface area (Å²) in [7, 11) is 0. The van der Waals surface area contributed by atoms with Crippen LogP contribution in [-0.4, -0.2) is 36.2 Å². The van der Waals surface area contributed by atoms with Crippen molar-refractivity contribution in [3.05, 3.63) is 0 Å². The normalized spacial score (nSPS) is 33.6. The number of nitrogens with one attached hydrogen (secondary N) is 1. The van der Waals surface area contributed by atoms with Crippen LogP contribution in [-0.2, 0) is 4.74 Å². The lowest BCUT2D eigenvalue weighted by molar-refractivity contribution is 0.0168. The van der Waals surface area contributed by atoms with Crippen LogP contribution < -0.4 is 5.32 Å². The molecule has 2 heterocycles. The van der Waals surface area contributed by atoms with Crippen LogP contribution in [0.5, 0.6) is 0 Å². The Hall–Kier alpha value is -0.220. The van der Waals surface area contributed by atoms with E-state index in [4.69, 9.17) is 4.74 Å². The van der Waals surface area contributed by atoms with Crippen molar-refractivity contribution in [2.45, 2.75) is 38.3 Å². The van der Waals surface area contributed by atoms with E-state index in [2.05, 4.69) is 17.2 Å². The molecule has 2 unspecified atom stereocenters. The van der Waals surface area contributed by atoms with Gasteiger partial charge in [-0.3, -0.25) is 4.99 Å². The molecule has 0 aliphatic carbocycles. The largest absolute Gasteiger partial charge is 0.378 e. The highest BCUT2D eigenvalue weighted by atomic mass is 32.2. The lowest BCUT2D eigenvalue weighted by Gasteiger charge is -2.29. The quantitative estimate of drug-likeness (QED) is 0.720. The van der Waals surface area contributed by atoms with Gasteiger partial charge in [0.2, 0.25) is 0 Å². The molecule has 0 aromatic carbocycles. The predicted molar refractivity (Wildman–Crippen MR) is 60.9 cm³/mol. The van der Waals surface area contributed by atoms with Crippen LogP contribution in [0, 0.1) is 0 Å². The second-order valence-electron chi connectivity index (χ2n) is 3.94. The minimum Gasteiger partial charge on any atom is -0.378 e. The fourth-order valence-electron chi connectivity index (χ4n) is 1.85. The zero-order chi connectivity index (χ0) is 9.80. The van der Waals surface area contributed by atoms with Gasteiger partial charge in [-0.25, -0.2) is 0 Å². The smallest absolute Gasteiger partial charge is 0.156 e. The van der Waals surface area contributed by atoms with E-state index in [-0.39, 0.29) is 0 Å². The fraction of sp³-hybridized carbons (Fsp3) is 0.900. The lowest BCUT2D eigenvalue weighted by atomic mass is 10.1. The van der Waals surface area contributed by atoms with Crippen LogP contribution in [0.1, 0.15) is 26.2 Å². The van der Waals surface area contributed by atoms with Crippen molar-refractivity contribution in [1.82, 2.24) is 5.32 Å². The zero-order valence-corrected chi connectivity index (χ0v) is 9.48. The monoisotopic (exact) mass is 214 g/mol. The minimum atomic E-state index is 0.399. The first-order valence-corrected chi connectivity index (χ1v) is 6.38. The van der Waals surface area contributed by atoms with Crippen LogP contribution in [0.4, 0.5) is 0 Å². The number of hydrogen-bond acceptors (Lipinski definition) is 4. The molecule has 2 atom stereocenters. The third-order valence-corrected chi connectivity index (χ3v) is 3.62. The molecule has 0 spiro atoms. The molecule has 1 saturated heterocycles. The molecule has 2 rings (SSSR count). The maximum Gasteiger partial charge on any atom is 0.156 e. The fourth-order valence-corrected chi connectivity index (χ4v) is 2.75. The molecule has 0 bridgehead atoms. The van der Waals surface area contributed by atoms with E-state index in [1.807, 2.05) is 11.8 Å². The highest BCUT2D eigenvalue weighted by molar-refractivity contribution is 8.13. The van der Waals surface area contributed by atoms with Crippen molar-refractivity contribution in [3.63, 3.8) is 0 Å². The second-order valence-corrected chi connectivity index (χ2v) is 5.02. The molecular formula is C10H18N2OS. The summed E-state index contributed by atoms with van der Waals surface area (Å²) in [5.41, 5.74) is 0. The Labute approximate surface area is 89.7 Å². The Bertz CT molecular complexity index is 220. The number of aliphatic imine (C=N–C) groups is 1. The summed E-state index contributed by atoms with van der Waals surface area (Å²) in [5, 5.41) is 4.67. The molecule has 2 aliphatic rings. The number of amidine groups is 1. The minimum absolute atomic E-state index is 0.399. The molecule has 0 amide bonds. The van der Waals surface area contributed by atoms with Gasteiger partial charge in [0.15, 0.2) is 5.17 Å². The molecule has 80 valence electrons. The number of rotatable bonds is 1. The van der Waals surface area contributed by atoms with Gasteiger partial charge in [-0.05, 0) is 26.2 Å². The van der Waals surface area contributed by atoms with Crippen molar-refractivity contribution >= 4 is 16.9 Å². The molecule has 0 radical (unpaired) electrons. The number of hydrogen-bond donors (Lipinski definition) is 1. The molecule has 1 N–H and O–H groups in total. The summed E-state index contributed by atoms with van der Waals surface area (Å²) in [6.45, 7) is 4.02. The van der Waals surface area contributed by atoms with Gasteiger partial charge in [0.1, 0.15) is 0 Å². The van der Waals surface area contributed by atoms with Gasteiger partial charge in [-0.2, -0.15) is 0 Å². The maximum absolute atomic E-state index is 5.51. The summed E-state index contributed by atoms with van der Waals surface area (Å²) in [4.78, 5) is 4.48. The molecule has 0 aromatic heterocycles. The van der Waals surface area contributed by atoms with Crippen LogP contribution in [0.3, 0.4) is 0 Å². The molecule has 3 nitrogen and oxygen atoms in total. The highest BCUT2D eigenvalue weighted by Gasteiger charge is 2.20. The number of ether oxygens (including phenoxy) is 1. The van der Waals surface area contributed by atoms with Crippen molar-refractivity contribution in [2.24, 2.45) is 4.99 Å². The molecular weight excluding hydrogens is 196 g/mol. The lowest BCUT2D eigenvalue weighted by Crippen LogP contribution is -2.41. The maximum atomic E-state index is 5.51. The Morgan fingerprint density at radius 2 is 2.50 bits per heavy atom. The summed E-state index contributed by atoms with van der Waals surface area (Å²) in [6.07, 6.45) is 3.85. The Balaban J connectivity index is 1.80. The molecule has 1 fully saturated rings. The van der Waals surface area contributed by atoms with Gasteiger partial charge in [-0.15, -0.1) is 0 Å². The zero-order valence-electron chi connectivity index (χ0n) is 8.66. The van der Waals surface area contributed by atoms with Crippen molar-refractivity contribution in [1.29, 1.82) is 0 Å². The van der Waals surface area contributed by atoms with E-state index in [0.29, 0.717) is 12.1 Å². The Kier molecular flexibility index (Phi) is 3.70. The Morgan fingerprint density at radius 3 is 3.21 bits per heavy atom. The van der Waals surface area contributed by atoms with E-state index >= 15 is 0 Å². The summed E-state index contributed by atoms with van der Waals surface area (Å²) in [5.74, 6) is 1.21. The third-order valence-electron chi connectivity index (χ3n) is 2.61. The van der Waals surface area contributed by atoms with Crippen LogP contribution >= 0.6 is 11.8 Å². The van der Waals surface area contributed by atoms with E-state index in [0.717, 1.165) is 31.2 Å². The average Bonchev–Trinajstić information content (AvgIpc) is 2.19. The standard InChI is InChI=1S/C10H18N2OS/c1-8-7-9(3-5-13-8)12-10-11-4-2-6-14-10/h8-9H,2-7H2,1H3,(H,11,12). The molecule has 0 saturated carbocycles. The van der Waals surface area contributed by atoms with Crippen molar-refractivity contribution in [3.8, 4) is 0 Å². The first kappa shape index (κ1) is 10.3. The van der Waals surface area contributed by atoms with Crippen LogP contribution in [0.2, 0.25) is 0 Å². The average molecular weight is 214 g/mol. The third kappa shape index (κ3) is 2.89. The topological polar surface area (TPSA) is 33.6 Å². The van der Waals surface area contributed by atoms with E-state index in [1.54, 1.807) is 0 Å². The number of nitrogens with zero attached hydrogens (tertiary/aromatic N) is 1. The van der Waals surface area contributed by atoms with Gasteiger partial charge in [0.05, 0.1) is 6.10 Å². The van der Waals surface area contributed by atoms with Crippen molar-refractivity contribution < 1.29 is 4.74 Å². The summed E-state index contributed by atoms with van der Waals surface area (Å²) in [6, 6.07) is 0.572. The number of thioether (sulfide) groups is 1. The van der Waals surface area contributed by atoms with E-state index in [1.165, 1.54) is 12.2 Å². The van der Waals surface area contributed by atoms with Gasteiger partial charge < -0.3 is 10.1 Å². The second kappa shape index (κ2) is 5.03. The Morgan fingerprint density at radius 1 is 1.57 bits per heavy atom. The molecule has 0 aromatic rings. The predicted octanol–water partition coefficient (Wildman–Crippen LogP) is 1.64. The van der Waals surface area contributed by atoms with Crippen LogP contribution in [0.25, 0.3) is 0 Å². The van der Waals surface area contributed by atoms with Gasteiger partial charge in [-0.1, -0.05) is 11.8 Å². The van der Waals surface area contributed by atoms with Crippen molar-refractivity contribution in [2.75, 3.05) is 18.9 Å². The molecule has 4 heteroatoms. The van der Waals surface area contributed by atoms with E-state index < -0.39 is 0 Å². The van der Waals surface area contributed by atoms with Gasteiger partial charge in [0, 0.05) is 24.9 Å². The first-order valence-electron chi connectivity index (χ1n) is 5.40. The first-order chi connectivity index (χ1) is 6.84.